The summed E-state index contributed by atoms with van der Waals surface area (Å²) in [6.07, 6.45) is 6.57. The molecule has 0 spiro atoms. The van der Waals surface area contributed by atoms with Crippen molar-refractivity contribution in [2.24, 2.45) is 5.73 Å². The zero-order chi connectivity index (χ0) is 12.8. The van der Waals surface area contributed by atoms with E-state index in [0.29, 0.717) is 0 Å². The van der Waals surface area contributed by atoms with Crippen molar-refractivity contribution < 1.29 is 0 Å². The van der Waals surface area contributed by atoms with Crippen LogP contribution < -0.4 is 5.73 Å². The minimum Gasteiger partial charge on any atom is -0.323 e. The average molecular weight is 242 g/mol. The second-order valence-corrected chi connectivity index (χ2v) is 4.22. The lowest BCUT2D eigenvalue weighted by molar-refractivity contribution is 0.593. The summed E-state index contributed by atoms with van der Waals surface area (Å²) in [5, 5.41) is 8.66. The molecule has 0 radical (unpaired) electrons. The quantitative estimate of drug-likeness (QED) is 0.625. The van der Waals surface area contributed by atoms with Crippen LogP contribution in [0.4, 0.5) is 0 Å². The van der Waals surface area contributed by atoms with Crippen molar-refractivity contribution in [1.82, 2.24) is 15.0 Å². The summed E-state index contributed by atoms with van der Waals surface area (Å²) in [5.41, 5.74) is 7.86. The molecule has 4 nitrogen and oxygen atoms in total. The van der Waals surface area contributed by atoms with Crippen molar-refractivity contribution in [2.45, 2.75) is 25.3 Å². The van der Waals surface area contributed by atoms with Gasteiger partial charge < -0.3 is 5.73 Å². The third-order valence-electron chi connectivity index (χ3n) is 2.80. The van der Waals surface area contributed by atoms with E-state index in [1.54, 1.807) is 11.0 Å². The fourth-order valence-electron chi connectivity index (χ4n) is 1.76. The highest BCUT2D eigenvalue weighted by Crippen LogP contribution is 2.15. The lowest BCUT2D eigenvalue weighted by Crippen LogP contribution is -2.11. The summed E-state index contributed by atoms with van der Waals surface area (Å²) in [7, 11) is 0. The number of aromatic nitrogens is 3. The Balaban J connectivity index is 2.04. The maximum atomic E-state index is 6.08. The lowest BCUT2D eigenvalue weighted by atomic mass is 10.1. The molecule has 0 saturated heterocycles. The Labute approximate surface area is 107 Å². The first-order chi connectivity index (χ1) is 8.81. The minimum absolute atomic E-state index is 0.0533. The molecule has 0 bridgehead atoms. The molecule has 0 saturated carbocycles. The predicted octanol–water partition coefficient (Wildman–Crippen LogP) is 2.62. The smallest absolute Gasteiger partial charge is 0.0998 e. The molecule has 1 aromatic carbocycles. The summed E-state index contributed by atoms with van der Waals surface area (Å²) in [5.74, 6) is 0. The van der Waals surface area contributed by atoms with E-state index in [1.807, 2.05) is 36.4 Å². The largest absolute Gasteiger partial charge is 0.323 e. The van der Waals surface area contributed by atoms with Crippen LogP contribution in [0.2, 0.25) is 0 Å². The van der Waals surface area contributed by atoms with Gasteiger partial charge in [-0.2, -0.15) is 15.0 Å². The number of benzene rings is 1. The SMILES string of the molecule is C=CCCCC(N)c1cnn(-c2ccccc2)n1. The highest BCUT2D eigenvalue weighted by atomic mass is 15.5. The molecule has 2 N–H and O–H groups in total. The number of para-hydroxylation sites is 1. The number of allylic oxidation sites excluding steroid dienone is 1. The molecule has 2 aromatic rings. The molecule has 1 aromatic heterocycles. The van der Waals surface area contributed by atoms with E-state index in [9.17, 15) is 0 Å². The van der Waals surface area contributed by atoms with E-state index in [4.69, 9.17) is 5.73 Å². The second-order valence-electron chi connectivity index (χ2n) is 4.22. The van der Waals surface area contributed by atoms with E-state index in [1.165, 1.54) is 0 Å². The molecular formula is C14H18N4. The number of hydrogen-bond donors (Lipinski definition) is 1. The maximum absolute atomic E-state index is 6.08. The molecule has 0 amide bonds. The summed E-state index contributed by atoms with van der Waals surface area (Å²) in [6.45, 7) is 3.70. The van der Waals surface area contributed by atoms with E-state index in [2.05, 4.69) is 16.8 Å². The Morgan fingerprint density at radius 2 is 2.11 bits per heavy atom. The van der Waals surface area contributed by atoms with Gasteiger partial charge in [0, 0.05) is 0 Å². The minimum atomic E-state index is -0.0533. The number of unbranched alkanes of at least 4 members (excludes halogenated alkanes) is 1. The highest BCUT2D eigenvalue weighted by Gasteiger charge is 2.10. The van der Waals surface area contributed by atoms with Gasteiger partial charge in [-0.25, -0.2) is 0 Å². The number of nitrogens with zero attached hydrogens (tertiary/aromatic N) is 3. The van der Waals surface area contributed by atoms with Crippen molar-refractivity contribution in [3.63, 3.8) is 0 Å². The van der Waals surface area contributed by atoms with Crippen molar-refractivity contribution in [1.29, 1.82) is 0 Å². The van der Waals surface area contributed by atoms with E-state index < -0.39 is 0 Å². The summed E-state index contributed by atoms with van der Waals surface area (Å²) < 4.78 is 0. The molecule has 0 aliphatic heterocycles. The third-order valence-corrected chi connectivity index (χ3v) is 2.80. The fraction of sp³-hybridized carbons (Fsp3) is 0.286. The molecule has 0 aliphatic carbocycles. The first-order valence-corrected chi connectivity index (χ1v) is 6.15. The summed E-state index contributed by atoms with van der Waals surface area (Å²) in [4.78, 5) is 1.61. The normalized spacial score (nSPS) is 12.3. The molecule has 18 heavy (non-hydrogen) atoms. The van der Waals surface area contributed by atoms with Crippen LogP contribution in [0.25, 0.3) is 5.69 Å². The van der Waals surface area contributed by atoms with Crippen LogP contribution in [0, 0.1) is 0 Å². The van der Waals surface area contributed by atoms with Gasteiger partial charge in [-0.1, -0.05) is 24.3 Å². The van der Waals surface area contributed by atoms with Gasteiger partial charge in [0.05, 0.1) is 23.6 Å². The van der Waals surface area contributed by atoms with Gasteiger partial charge in [-0.15, -0.1) is 6.58 Å². The summed E-state index contributed by atoms with van der Waals surface area (Å²) >= 11 is 0. The van der Waals surface area contributed by atoms with Crippen LogP contribution in [0.1, 0.15) is 31.0 Å². The van der Waals surface area contributed by atoms with Gasteiger partial charge in [0.2, 0.25) is 0 Å². The Kier molecular flexibility index (Phi) is 4.25. The van der Waals surface area contributed by atoms with Gasteiger partial charge in [-0.3, -0.25) is 0 Å². The maximum Gasteiger partial charge on any atom is 0.0998 e. The summed E-state index contributed by atoms with van der Waals surface area (Å²) in [6, 6.07) is 9.77. The first kappa shape index (κ1) is 12.5. The fourth-order valence-corrected chi connectivity index (χ4v) is 1.76. The molecule has 2 rings (SSSR count). The Morgan fingerprint density at radius 3 is 2.83 bits per heavy atom. The number of nitrogens with two attached hydrogens (primary N) is 1. The van der Waals surface area contributed by atoms with E-state index >= 15 is 0 Å². The van der Waals surface area contributed by atoms with Crippen LogP contribution >= 0.6 is 0 Å². The van der Waals surface area contributed by atoms with Crippen molar-refractivity contribution >= 4 is 0 Å². The van der Waals surface area contributed by atoms with Crippen molar-refractivity contribution in [2.75, 3.05) is 0 Å². The van der Waals surface area contributed by atoms with Gasteiger partial charge in [-0.05, 0) is 31.4 Å². The van der Waals surface area contributed by atoms with Crippen molar-refractivity contribution in [3.05, 3.63) is 54.9 Å². The van der Waals surface area contributed by atoms with Gasteiger partial charge in [0.1, 0.15) is 0 Å². The Bertz CT molecular complexity index is 490. The van der Waals surface area contributed by atoms with Crippen LogP contribution in [0.3, 0.4) is 0 Å². The Hall–Kier alpha value is -1.94. The zero-order valence-electron chi connectivity index (χ0n) is 10.4. The highest BCUT2D eigenvalue weighted by molar-refractivity contribution is 5.28. The molecule has 94 valence electrons. The number of rotatable bonds is 6. The van der Waals surface area contributed by atoms with Gasteiger partial charge in [0.15, 0.2) is 0 Å². The molecule has 1 heterocycles. The van der Waals surface area contributed by atoms with Crippen LogP contribution in [0.5, 0.6) is 0 Å². The Morgan fingerprint density at radius 1 is 1.33 bits per heavy atom. The van der Waals surface area contributed by atoms with Crippen LogP contribution in [-0.4, -0.2) is 15.0 Å². The zero-order valence-corrected chi connectivity index (χ0v) is 10.4. The standard InChI is InChI=1S/C14H18N4/c1-2-3-5-10-13(15)14-11-16-18(17-14)12-8-6-4-7-9-12/h2,4,6-9,11,13H,1,3,5,10,15H2. The lowest BCUT2D eigenvalue weighted by Gasteiger charge is -2.06. The van der Waals surface area contributed by atoms with Crippen LogP contribution in [-0.2, 0) is 0 Å². The third kappa shape index (κ3) is 3.05. The van der Waals surface area contributed by atoms with Gasteiger partial charge in [0.25, 0.3) is 0 Å². The monoisotopic (exact) mass is 242 g/mol. The molecule has 0 fully saturated rings. The number of hydrogen-bond acceptors (Lipinski definition) is 3. The van der Waals surface area contributed by atoms with E-state index in [0.717, 1.165) is 30.6 Å². The van der Waals surface area contributed by atoms with E-state index in [-0.39, 0.29) is 6.04 Å². The molecular weight excluding hydrogens is 224 g/mol. The molecule has 1 unspecified atom stereocenters. The average Bonchev–Trinajstić information content (AvgIpc) is 2.89. The predicted molar refractivity (Wildman–Crippen MR) is 72.3 cm³/mol. The van der Waals surface area contributed by atoms with Crippen LogP contribution in [0.15, 0.2) is 49.2 Å². The first-order valence-electron chi connectivity index (χ1n) is 6.15. The molecule has 0 aliphatic rings. The van der Waals surface area contributed by atoms with Gasteiger partial charge >= 0.3 is 0 Å². The molecule has 1 atom stereocenters. The second kappa shape index (κ2) is 6.12. The molecule has 4 heteroatoms. The van der Waals surface area contributed by atoms with Crippen molar-refractivity contribution in [3.8, 4) is 5.69 Å². The topological polar surface area (TPSA) is 56.7 Å².